The summed E-state index contributed by atoms with van der Waals surface area (Å²) in [6, 6.07) is 0. The molecule has 0 radical (unpaired) electrons. The molecule has 0 amide bonds. The molecule has 0 saturated heterocycles. The van der Waals surface area contributed by atoms with Gasteiger partial charge in [-0.15, -0.1) is 12.2 Å². The molecule has 80 valence electrons. The van der Waals surface area contributed by atoms with Crippen LogP contribution < -0.4 is 10.2 Å². The van der Waals surface area contributed by atoms with E-state index in [9.17, 15) is 10.2 Å². The Morgan fingerprint density at radius 1 is 1.14 bits per heavy atom. The molecule has 0 N–H and O–H groups in total. The van der Waals surface area contributed by atoms with E-state index in [1.807, 2.05) is 0 Å². The van der Waals surface area contributed by atoms with Gasteiger partial charge in [-0.05, 0) is 0 Å². The van der Waals surface area contributed by atoms with E-state index in [1.54, 1.807) is 27.7 Å². The van der Waals surface area contributed by atoms with Gasteiger partial charge in [0.25, 0.3) is 0 Å². The molecule has 0 aromatic rings. The predicted molar refractivity (Wildman–Crippen MR) is 52.1 cm³/mol. The van der Waals surface area contributed by atoms with Gasteiger partial charge in [-0.2, -0.15) is 0 Å². The fourth-order valence-electron chi connectivity index (χ4n) is 0.436. The quantitative estimate of drug-likeness (QED) is 0.624. The van der Waals surface area contributed by atoms with Gasteiger partial charge in [0.2, 0.25) is 0 Å². The second-order valence-electron chi connectivity index (χ2n) is 3.39. The van der Waals surface area contributed by atoms with Crippen LogP contribution in [0.25, 0.3) is 0 Å². The van der Waals surface area contributed by atoms with Crippen molar-refractivity contribution in [1.82, 2.24) is 0 Å². The van der Waals surface area contributed by atoms with Crippen molar-refractivity contribution < 1.29 is 27.6 Å². The summed E-state index contributed by atoms with van der Waals surface area (Å²) in [4.78, 5) is 0. The molecule has 0 spiro atoms. The van der Waals surface area contributed by atoms with Crippen LogP contribution in [0.2, 0.25) is 0 Å². The first-order chi connectivity index (χ1) is 6.36. The maximum absolute atomic E-state index is 9.53. The molecule has 0 saturated carbocycles. The third kappa shape index (κ3) is 29.6. The van der Waals surface area contributed by atoms with Crippen LogP contribution in [0.4, 0.5) is 0 Å². The maximum atomic E-state index is 9.53. The number of hydrogen-bond donors (Lipinski definition) is 0. The molecule has 0 heterocycles. The Kier molecular flexibility index (Phi) is 13.0. The van der Waals surface area contributed by atoms with Gasteiger partial charge in [0.05, 0.1) is 0 Å². The Hall–Kier alpha value is -0.0156. The molecule has 0 aliphatic heterocycles. The molecule has 0 aromatic carbocycles. The summed E-state index contributed by atoms with van der Waals surface area (Å²) in [5, 5.41) is 19.1. The topological polar surface area (TPSA) is 46.1 Å². The molecule has 0 atom stereocenters. The van der Waals surface area contributed by atoms with Crippen molar-refractivity contribution >= 4 is 0 Å². The summed E-state index contributed by atoms with van der Waals surface area (Å²) in [5.74, 6) is 0. The van der Waals surface area contributed by atoms with Crippen molar-refractivity contribution in [2.75, 3.05) is 0 Å². The Labute approximate surface area is 96.7 Å². The average molecular weight is 234 g/mol. The minimum absolute atomic E-state index is 0.417. The van der Waals surface area contributed by atoms with Gasteiger partial charge in [0.1, 0.15) is 0 Å². The molecule has 1 rings (SSSR count). The van der Waals surface area contributed by atoms with Gasteiger partial charge in [-0.3, -0.25) is 0 Å². The molecule has 1 aliphatic rings. The zero-order chi connectivity index (χ0) is 11.6. The number of rotatable bonds is 0. The summed E-state index contributed by atoms with van der Waals surface area (Å²) in [6.45, 7) is 6.44. The van der Waals surface area contributed by atoms with E-state index < -0.39 is 12.2 Å². The van der Waals surface area contributed by atoms with Crippen LogP contribution >= 0.6 is 0 Å². The Morgan fingerprint density at radius 3 is 1.57 bits per heavy atom. The first kappa shape index (κ1) is 16.4. The van der Waals surface area contributed by atoms with Crippen molar-refractivity contribution in [1.29, 1.82) is 0 Å². The zero-order valence-corrected chi connectivity index (χ0v) is 10.8. The Bertz CT molecular complexity index is 161. The molecule has 0 unspecified atom stereocenters. The van der Waals surface area contributed by atoms with Crippen molar-refractivity contribution in [2.45, 2.75) is 46.3 Å². The van der Waals surface area contributed by atoms with Crippen molar-refractivity contribution in [3.63, 3.8) is 0 Å². The average Bonchev–Trinajstić information content (AvgIpc) is 2.36. The van der Waals surface area contributed by atoms with E-state index >= 15 is 0 Å². The molecule has 0 fully saturated rings. The summed E-state index contributed by atoms with van der Waals surface area (Å²) >= 11 is 2.54. The third-order valence-corrected chi connectivity index (χ3v) is 1.27. The van der Waals surface area contributed by atoms with Gasteiger partial charge in [-0.25, -0.2) is 0 Å². The van der Waals surface area contributed by atoms with Crippen LogP contribution in [0.1, 0.15) is 34.1 Å². The Morgan fingerprint density at radius 2 is 1.50 bits per heavy atom. The van der Waals surface area contributed by atoms with Gasteiger partial charge >= 0.3 is 46.4 Å². The first-order valence-electron chi connectivity index (χ1n) is 4.72. The molecule has 14 heavy (non-hydrogen) atoms. The second kappa shape index (κ2) is 11.1. The van der Waals surface area contributed by atoms with E-state index in [1.165, 1.54) is 4.28 Å². The summed E-state index contributed by atoms with van der Waals surface area (Å²) < 4.78 is 1.41. The van der Waals surface area contributed by atoms with Crippen LogP contribution in [-0.4, -0.2) is 12.2 Å². The Balaban J connectivity index is 0. The summed E-state index contributed by atoms with van der Waals surface area (Å²) in [7, 11) is 0. The van der Waals surface area contributed by atoms with Gasteiger partial charge in [0.15, 0.2) is 0 Å². The number of hydrogen-bond acceptors (Lipinski definition) is 2. The molecule has 0 bridgehead atoms. The first-order valence-corrected chi connectivity index (χ1v) is 5.42. The van der Waals surface area contributed by atoms with Crippen LogP contribution in [0.15, 0.2) is 22.5 Å². The molecule has 0 aromatic heterocycles. The standard InChI is InChI=1S/C5H5.2C3H7O.V/c1-2-4-5-3-1;2*1-3(2)4;/h1-3H,4H2;2*3H,1-2H3;/q;2*-1;+2. The van der Waals surface area contributed by atoms with Crippen molar-refractivity contribution in [2.24, 2.45) is 0 Å². The van der Waals surface area contributed by atoms with E-state index in [4.69, 9.17) is 0 Å². The van der Waals surface area contributed by atoms with Gasteiger partial charge in [-0.1, -0.05) is 27.7 Å². The SMILES string of the molecule is CC(C)[O-].CC(C)[O-].[V+2][C]1=CC=CC1. The molecular weight excluding hydrogens is 215 g/mol. The molecule has 1 aliphatic carbocycles. The predicted octanol–water partition coefficient (Wildman–Crippen LogP) is 0.887. The monoisotopic (exact) mass is 234 g/mol. The third-order valence-electron chi connectivity index (χ3n) is 0.752. The van der Waals surface area contributed by atoms with Crippen molar-refractivity contribution in [3.05, 3.63) is 22.5 Å². The van der Waals surface area contributed by atoms with Crippen LogP contribution in [0, 0.1) is 0 Å². The van der Waals surface area contributed by atoms with Gasteiger partial charge in [0, 0.05) is 0 Å². The van der Waals surface area contributed by atoms with Crippen LogP contribution in [-0.2, 0) is 17.4 Å². The summed E-state index contributed by atoms with van der Waals surface area (Å²) in [6.07, 6.45) is 6.64. The molecule has 3 heteroatoms. The summed E-state index contributed by atoms with van der Waals surface area (Å²) in [5.41, 5.74) is 0. The fraction of sp³-hybridized carbons (Fsp3) is 0.636. The second-order valence-corrected chi connectivity index (χ2v) is 4.28. The fourth-order valence-corrected chi connectivity index (χ4v) is 0.735. The van der Waals surface area contributed by atoms with Crippen LogP contribution in [0.3, 0.4) is 0 Å². The minimum atomic E-state index is -0.417. The van der Waals surface area contributed by atoms with E-state index in [0.29, 0.717) is 0 Å². The molecule has 2 nitrogen and oxygen atoms in total. The van der Waals surface area contributed by atoms with Crippen LogP contribution in [0.5, 0.6) is 0 Å². The van der Waals surface area contributed by atoms with Crippen molar-refractivity contribution in [3.8, 4) is 0 Å². The van der Waals surface area contributed by atoms with E-state index in [2.05, 4.69) is 35.7 Å². The van der Waals surface area contributed by atoms with E-state index in [0.717, 1.165) is 6.42 Å². The number of allylic oxidation sites excluding steroid dienone is 4. The molecular formula is C11H19O2V. The zero-order valence-electron chi connectivity index (χ0n) is 9.36. The van der Waals surface area contributed by atoms with E-state index in [-0.39, 0.29) is 0 Å². The normalized spacial score (nSPS) is 12.9. The van der Waals surface area contributed by atoms with Gasteiger partial charge < -0.3 is 10.2 Å².